The molecule has 1 atom stereocenters. The number of nitrogens with two attached hydrogens (primary N) is 1. The molecule has 1 aliphatic heterocycles. The number of amides is 1. The molecule has 1 amide bonds. The second-order valence-corrected chi connectivity index (χ2v) is 6.39. The maximum absolute atomic E-state index is 12.7. The van der Waals surface area contributed by atoms with Crippen molar-refractivity contribution in [1.29, 1.82) is 0 Å². The van der Waals surface area contributed by atoms with Crippen LogP contribution in [0.25, 0.3) is 0 Å². The van der Waals surface area contributed by atoms with Crippen LogP contribution in [0.3, 0.4) is 0 Å². The molecule has 1 aromatic rings. The summed E-state index contributed by atoms with van der Waals surface area (Å²) in [7, 11) is 0. The molecular formula is C16H20N2OS. The SMILES string of the molecule is NC(=S)C1(C(=O)N2CCC(c3ccccc3)C2)CCC1. The van der Waals surface area contributed by atoms with E-state index < -0.39 is 5.41 Å². The molecule has 2 N–H and O–H groups in total. The zero-order valence-corrected chi connectivity index (χ0v) is 12.4. The van der Waals surface area contributed by atoms with Crippen LogP contribution in [0.1, 0.15) is 37.2 Å². The van der Waals surface area contributed by atoms with E-state index in [1.54, 1.807) is 0 Å². The highest BCUT2D eigenvalue weighted by molar-refractivity contribution is 7.80. The average molecular weight is 288 g/mol. The quantitative estimate of drug-likeness (QED) is 0.869. The van der Waals surface area contributed by atoms with Crippen LogP contribution in [0.15, 0.2) is 30.3 Å². The molecular weight excluding hydrogens is 268 g/mol. The number of benzene rings is 1. The lowest BCUT2D eigenvalue weighted by atomic mass is 9.67. The third kappa shape index (κ3) is 2.12. The fourth-order valence-electron chi connectivity index (χ4n) is 3.34. The molecule has 20 heavy (non-hydrogen) atoms. The Kier molecular flexibility index (Phi) is 3.50. The first kappa shape index (κ1) is 13.6. The molecule has 3 rings (SSSR count). The van der Waals surface area contributed by atoms with Gasteiger partial charge in [0.05, 0.1) is 10.4 Å². The molecule has 2 fully saturated rings. The van der Waals surface area contributed by atoms with Gasteiger partial charge < -0.3 is 10.6 Å². The summed E-state index contributed by atoms with van der Waals surface area (Å²) in [5.74, 6) is 0.610. The van der Waals surface area contributed by atoms with E-state index in [0.29, 0.717) is 10.9 Å². The standard InChI is InChI=1S/C16H20N2OS/c17-14(20)16(8-4-9-16)15(19)18-10-7-13(11-18)12-5-2-1-3-6-12/h1-3,5-6,13H,4,7-11H2,(H2,17,20). The number of hydrogen-bond acceptors (Lipinski definition) is 2. The summed E-state index contributed by atoms with van der Waals surface area (Å²) < 4.78 is 0. The number of carbonyl (C=O) groups is 1. The molecule has 1 unspecified atom stereocenters. The maximum Gasteiger partial charge on any atom is 0.235 e. The van der Waals surface area contributed by atoms with Crippen molar-refractivity contribution in [2.45, 2.75) is 31.6 Å². The third-order valence-electron chi connectivity index (χ3n) is 4.83. The van der Waals surface area contributed by atoms with Gasteiger partial charge in [-0.3, -0.25) is 4.79 Å². The summed E-state index contributed by atoms with van der Waals surface area (Å²) in [5.41, 5.74) is 6.62. The maximum atomic E-state index is 12.7. The van der Waals surface area contributed by atoms with Crippen LogP contribution in [0.5, 0.6) is 0 Å². The second-order valence-electron chi connectivity index (χ2n) is 5.95. The van der Waals surface area contributed by atoms with E-state index in [1.165, 1.54) is 5.56 Å². The van der Waals surface area contributed by atoms with E-state index in [4.69, 9.17) is 18.0 Å². The van der Waals surface area contributed by atoms with Crippen LogP contribution >= 0.6 is 12.2 Å². The lowest BCUT2D eigenvalue weighted by Gasteiger charge is -2.41. The molecule has 0 aromatic heterocycles. The van der Waals surface area contributed by atoms with E-state index in [2.05, 4.69) is 24.3 Å². The Balaban J connectivity index is 1.71. The van der Waals surface area contributed by atoms with Gasteiger partial charge in [-0.15, -0.1) is 0 Å². The lowest BCUT2D eigenvalue weighted by molar-refractivity contribution is -0.140. The van der Waals surface area contributed by atoms with Gasteiger partial charge >= 0.3 is 0 Å². The number of nitrogens with zero attached hydrogens (tertiary/aromatic N) is 1. The van der Waals surface area contributed by atoms with Crippen LogP contribution < -0.4 is 5.73 Å². The van der Waals surface area contributed by atoms with E-state index in [-0.39, 0.29) is 5.91 Å². The molecule has 1 saturated carbocycles. The monoisotopic (exact) mass is 288 g/mol. The molecule has 0 bridgehead atoms. The summed E-state index contributed by atoms with van der Waals surface area (Å²) >= 11 is 5.15. The highest BCUT2D eigenvalue weighted by Gasteiger charge is 2.49. The van der Waals surface area contributed by atoms with Gasteiger partial charge in [0, 0.05) is 19.0 Å². The van der Waals surface area contributed by atoms with Crippen molar-refractivity contribution >= 4 is 23.1 Å². The topological polar surface area (TPSA) is 46.3 Å². The van der Waals surface area contributed by atoms with Crippen LogP contribution in [0.2, 0.25) is 0 Å². The Bertz CT molecular complexity index is 525. The Morgan fingerprint density at radius 2 is 2.00 bits per heavy atom. The normalized spacial score (nSPS) is 24.2. The highest BCUT2D eigenvalue weighted by atomic mass is 32.1. The zero-order valence-electron chi connectivity index (χ0n) is 11.5. The molecule has 1 aromatic carbocycles. The Morgan fingerprint density at radius 1 is 1.30 bits per heavy atom. The minimum Gasteiger partial charge on any atom is -0.392 e. The van der Waals surface area contributed by atoms with Gasteiger partial charge in [-0.05, 0) is 24.8 Å². The van der Waals surface area contributed by atoms with Gasteiger partial charge in [0.15, 0.2) is 0 Å². The molecule has 2 aliphatic rings. The first-order valence-electron chi connectivity index (χ1n) is 7.28. The lowest BCUT2D eigenvalue weighted by Crippen LogP contribution is -2.53. The smallest absolute Gasteiger partial charge is 0.235 e. The Hall–Kier alpha value is -1.42. The van der Waals surface area contributed by atoms with Gasteiger partial charge in [0.25, 0.3) is 0 Å². The van der Waals surface area contributed by atoms with Gasteiger partial charge in [-0.25, -0.2) is 0 Å². The molecule has 1 aliphatic carbocycles. The fraction of sp³-hybridized carbons (Fsp3) is 0.500. The Morgan fingerprint density at radius 3 is 2.55 bits per heavy atom. The van der Waals surface area contributed by atoms with Gasteiger partial charge in [-0.1, -0.05) is 49.0 Å². The number of rotatable bonds is 3. The van der Waals surface area contributed by atoms with Gasteiger partial charge in [0.1, 0.15) is 0 Å². The van der Waals surface area contributed by atoms with Crippen LogP contribution in [-0.2, 0) is 4.79 Å². The van der Waals surface area contributed by atoms with Crippen LogP contribution in [-0.4, -0.2) is 28.9 Å². The van der Waals surface area contributed by atoms with Crippen molar-refractivity contribution in [1.82, 2.24) is 4.90 Å². The minimum atomic E-state index is -0.527. The second kappa shape index (κ2) is 5.17. The summed E-state index contributed by atoms with van der Waals surface area (Å²) in [6, 6.07) is 10.4. The van der Waals surface area contributed by atoms with E-state index in [1.807, 2.05) is 11.0 Å². The summed E-state index contributed by atoms with van der Waals surface area (Å²) in [6.07, 6.45) is 3.74. The van der Waals surface area contributed by atoms with E-state index in [0.717, 1.165) is 38.8 Å². The number of hydrogen-bond donors (Lipinski definition) is 1. The Labute approximate surface area is 125 Å². The zero-order chi connectivity index (χ0) is 14.2. The number of likely N-dealkylation sites (tertiary alicyclic amines) is 1. The first-order valence-corrected chi connectivity index (χ1v) is 7.68. The fourth-order valence-corrected chi connectivity index (χ4v) is 3.63. The highest BCUT2D eigenvalue weighted by Crippen LogP contribution is 2.44. The molecule has 3 nitrogen and oxygen atoms in total. The molecule has 0 spiro atoms. The van der Waals surface area contributed by atoms with Crippen molar-refractivity contribution in [2.24, 2.45) is 11.1 Å². The van der Waals surface area contributed by atoms with Crippen molar-refractivity contribution in [3.63, 3.8) is 0 Å². The third-order valence-corrected chi connectivity index (χ3v) is 5.23. The minimum absolute atomic E-state index is 0.162. The van der Waals surface area contributed by atoms with Crippen molar-refractivity contribution in [3.05, 3.63) is 35.9 Å². The summed E-state index contributed by atoms with van der Waals surface area (Å²) in [5, 5.41) is 0. The molecule has 0 radical (unpaired) electrons. The van der Waals surface area contributed by atoms with Crippen molar-refractivity contribution < 1.29 is 4.79 Å². The van der Waals surface area contributed by atoms with Crippen molar-refractivity contribution in [2.75, 3.05) is 13.1 Å². The predicted octanol–water partition coefficient (Wildman–Crippen LogP) is 2.46. The average Bonchev–Trinajstić information content (AvgIpc) is 2.87. The molecule has 4 heteroatoms. The van der Waals surface area contributed by atoms with Crippen molar-refractivity contribution in [3.8, 4) is 0 Å². The summed E-state index contributed by atoms with van der Waals surface area (Å²) in [6.45, 7) is 1.62. The van der Waals surface area contributed by atoms with Gasteiger partial charge in [-0.2, -0.15) is 0 Å². The van der Waals surface area contributed by atoms with E-state index >= 15 is 0 Å². The van der Waals surface area contributed by atoms with Crippen LogP contribution in [0, 0.1) is 5.41 Å². The molecule has 1 heterocycles. The number of carbonyl (C=O) groups excluding carboxylic acids is 1. The predicted molar refractivity (Wildman–Crippen MR) is 83.4 cm³/mol. The first-order chi connectivity index (χ1) is 9.63. The molecule has 1 saturated heterocycles. The summed E-state index contributed by atoms with van der Waals surface area (Å²) in [4.78, 5) is 15.1. The van der Waals surface area contributed by atoms with Crippen LogP contribution in [0.4, 0.5) is 0 Å². The number of thiocarbonyl (C=S) groups is 1. The van der Waals surface area contributed by atoms with E-state index in [9.17, 15) is 4.79 Å². The largest absolute Gasteiger partial charge is 0.392 e. The molecule has 106 valence electrons. The van der Waals surface area contributed by atoms with Gasteiger partial charge in [0.2, 0.25) is 5.91 Å².